The average molecular weight is 314 g/mol. The van der Waals surface area contributed by atoms with Gasteiger partial charge in [0.05, 0.1) is 11.8 Å². The van der Waals surface area contributed by atoms with Crippen LogP contribution in [0.3, 0.4) is 0 Å². The number of benzene rings is 1. The Kier molecular flexibility index (Phi) is 2.87. The number of halogens is 1. The fraction of sp³-hybridized carbons (Fsp3) is 0.267. The van der Waals surface area contributed by atoms with Crippen molar-refractivity contribution in [1.29, 1.82) is 5.26 Å². The molecule has 94 valence electrons. The maximum absolute atomic E-state index is 9.28. The van der Waals surface area contributed by atoms with E-state index >= 15 is 0 Å². The number of nitriles is 1. The Bertz CT molecular complexity index is 684. The molecule has 0 saturated heterocycles. The van der Waals surface area contributed by atoms with Crippen LogP contribution in [0.25, 0.3) is 11.3 Å². The molecule has 2 aromatic rings. The van der Waals surface area contributed by atoms with Crippen molar-refractivity contribution in [2.24, 2.45) is 0 Å². The van der Waals surface area contributed by atoms with Crippen LogP contribution in [-0.2, 0) is 5.41 Å². The second-order valence-electron chi connectivity index (χ2n) is 4.89. The summed E-state index contributed by atoms with van der Waals surface area (Å²) in [4.78, 5) is 9.05. The molecule has 1 heterocycles. The first kappa shape index (κ1) is 12.3. The lowest BCUT2D eigenvalue weighted by atomic mass is 10.1. The molecule has 1 aromatic carbocycles. The van der Waals surface area contributed by atoms with Crippen LogP contribution >= 0.6 is 15.9 Å². The highest BCUT2D eigenvalue weighted by molar-refractivity contribution is 9.10. The normalized spacial score (nSPS) is 15.8. The lowest BCUT2D eigenvalue weighted by molar-refractivity contribution is 0.789. The van der Waals surface area contributed by atoms with Gasteiger partial charge in [0, 0.05) is 15.7 Å². The molecule has 0 bridgehead atoms. The van der Waals surface area contributed by atoms with E-state index in [0.717, 1.165) is 34.3 Å². The third kappa shape index (κ3) is 2.15. The van der Waals surface area contributed by atoms with Crippen molar-refractivity contribution >= 4 is 15.9 Å². The van der Waals surface area contributed by atoms with Gasteiger partial charge in [0.1, 0.15) is 11.2 Å². The maximum Gasteiger partial charge on any atom is 0.149 e. The molecule has 1 fully saturated rings. The first-order valence-corrected chi connectivity index (χ1v) is 6.96. The van der Waals surface area contributed by atoms with E-state index in [9.17, 15) is 5.26 Å². The van der Waals surface area contributed by atoms with Gasteiger partial charge in [-0.25, -0.2) is 9.97 Å². The summed E-state index contributed by atoms with van der Waals surface area (Å²) in [5, 5.41) is 9.28. The average Bonchev–Trinajstić information content (AvgIpc) is 3.19. The summed E-state index contributed by atoms with van der Waals surface area (Å²) in [5.41, 5.74) is 2.36. The fourth-order valence-corrected chi connectivity index (χ4v) is 2.59. The van der Waals surface area contributed by atoms with E-state index in [0.29, 0.717) is 5.82 Å². The number of hydrogen-bond donors (Lipinski definition) is 0. The van der Waals surface area contributed by atoms with Crippen molar-refractivity contribution in [3.63, 3.8) is 0 Å². The molecule has 4 heteroatoms. The van der Waals surface area contributed by atoms with Gasteiger partial charge in [-0.1, -0.05) is 34.1 Å². The molecule has 0 unspecified atom stereocenters. The summed E-state index contributed by atoms with van der Waals surface area (Å²) >= 11 is 3.54. The number of rotatable bonds is 2. The molecule has 1 aromatic heterocycles. The van der Waals surface area contributed by atoms with Crippen LogP contribution < -0.4 is 0 Å². The summed E-state index contributed by atoms with van der Waals surface area (Å²) in [5.74, 6) is 0.667. The Morgan fingerprint density at radius 3 is 2.63 bits per heavy atom. The van der Waals surface area contributed by atoms with Crippen molar-refractivity contribution in [3.8, 4) is 17.3 Å². The van der Waals surface area contributed by atoms with Crippen molar-refractivity contribution in [3.05, 3.63) is 46.3 Å². The summed E-state index contributed by atoms with van der Waals surface area (Å²) in [6, 6.07) is 12.3. The van der Waals surface area contributed by atoms with Crippen molar-refractivity contribution in [2.45, 2.75) is 25.2 Å². The third-order valence-corrected chi connectivity index (χ3v) is 4.09. The molecule has 0 radical (unpaired) electrons. The first-order chi connectivity index (χ1) is 9.14. The summed E-state index contributed by atoms with van der Waals surface area (Å²) in [6.07, 6.45) is 1.73. The van der Waals surface area contributed by atoms with E-state index in [4.69, 9.17) is 0 Å². The Hall–Kier alpha value is -1.73. The van der Waals surface area contributed by atoms with Gasteiger partial charge >= 0.3 is 0 Å². The molecule has 1 aliphatic carbocycles. The van der Waals surface area contributed by atoms with Crippen molar-refractivity contribution < 1.29 is 0 Å². The lowest BCUT2D eigenvalue weighted by Crippen LogP contribution is -2.10. The molecule has 0 amide bonds. The maximum atomic E-state index is 9.28. The van der Waals surface area contributed by atoms with Crippen LogP contribution in [0, 0.1) is 18.3 Å². The van der Waals surface area contributed by atoms with Crippen molar-refractivity contribution in [2.75, 3.05) is 0 Å². The number of aryl methyl sites for hydroxylation is 1. The van der Waals surface area contributed by atoms with Gasteiger partial charge in [0.25, 0.3) is 0 Å². The SMILES string of the molecule is Cc1cc(-c2ccccc2Br)nc(C2(C#N)CC2)n1. The highest BCUT2D eigenvalue weighted by Crippen LogP contribution is 2.46. The van der Waals surface area contributed by atoms with E-state index in [1.165, 1.54) is 0 Å². The van der Waals surface area contributed by atoms with Gasteiger partial charge < -0.3 is 0 Å². The van der Waals surface area contributed by atoms with E-state index < -0.39 is 5.41 Å². The summed E-state index contributed by atoms with van der Waals surface area (Å²) in [7, 11) is 0. The molecule has 0 N–H and O–H groups in total. The van der Waals surface area contributed by atoms with E-state index in [2.05, 4.69) is 32.0 Å². The van der Waals surface area contributed by atoms with Crippen LogP contribution in [0.1, 0.15) is 24.4 Å². The zero-order valence-corrected chi connectivity index (χ0v) is 12.1. The van der Waals surface area contributed by atoms with E-state index in [1.807, 2.05) is 37.3 Å². The first-order valence-electron chi connectivity index (χ1n) is 6.17. The quantitative estimate of drug-likeness (QED) is 0.848. The minimum absolute atomic E-state index is 0.442. The highest BCUT2D eigenvalue weighted by Gasteiger charge is 2.48. The number of nitrogens with zero attached hydrogens (tertiary/aromatic N) is 3. The number of aromatic nitrogens is 2. The largest absolute Gasteiger partial charge is 0.236 e. The molecule has 0 atom stereocenters. The minimum Gasteiger partial charge on any atom is -0.236 e. The number of hydrogen-bond acceptors (Lipinski definition) is 3. The molecule has 3 nitrogen and oxygen atoms in total. The van der Waals surface area contributed by atoms with Crippen LogP contribution in [0.5, 0.6) is 0 Å². The van der Waals surface area contributed by atoms with Gasteiger partial charge in [0.2, 0.25) is 0 Å². The fourth-order valence-electron chi connectivity index (χ4n) is 2.10. The molecular weight excluding hydrogens is 302 g/mol. The monoisotopic (exact) mass is 313 g/mol. The van der Waals surface area contributed by atoms with Crippen molar-refractivity contribution in [1.82, 2.24) is 9.97 Å². The zero-order valence-electron chi connectivity index (χ0n) is 10.5. The van der Waals surface area contributed by atoms with E-state index in [1.54, 1.807) is 0 Å². The lowest BCUT2D eigenvalue weighted by Gasteiger charge is -2.10. The van der Waals surface area contributed by atoms with Gasteiger partial charge in [-0.15, -0.1) is 0 Å². The van der Waals surface area contributed by atoms with Crippen LogP contribution in [0.4, 0.5) is 0 Å². The molecule has 3 rings (SSSR count). The summed E-state index contributed by atoms with van der Waals surface area (Å²) in [6.45, 7) is 1.94. The Balaban J connectivity index is 2.14. The molecule has 19 heavy (non-hydrogen) atoms. The highest BCUT2D eigenvalue weighted by atomic mass is 79.9. The second-order valence-corrected chi connectivity index (χ2v) is 5.75. The molecule has 1 saturated carbocycles. The van der Waals surface area contributed by atoms with Gasteiger partial charge in [0.15, 0.2) is 0 Å². The third-order valence-electron chi connectivity index (χ3n) is 3.40. The minimum atomic E-state index is -0.442. The standard InChI is InChI=1S/C15H12BrN3/c1-10-8-13(11-4-2-3-5-12(11)16)19-14(18-10)15(9-17)6-7-15/h2-5,8H,6-7H2,1H3. The van der Waals surface area contributed by atoms with Gasteiger partial charge in [-0.05, 0) is 31.9 Å². The zero-order chi connectivity index (χ0) is 13.5. The molecular formula is C15H12BrN3. The smallest absolute Gasteiger partial charge is 0.149 e. The van der Waals surface area contributed by atoms with Gasteiger partial charge in [-0.2, -0.15) is 5.26 Å². The Morgan fingerprint density at radius 2 is 2.00 bits per heavy atom. The predicted octanol–water partition coefficient (Wildman–Crippen LogP) is 3.77. The second kappa shape index (κ2) is 4.43. The summed E-state index contributed by atoms with van der Waals surface area (Å²) < 4.78 is 1.00. The molecule has 1 aliphatic rings. The Labute approximate surface area is 120 Å². The van der Waals surface area contributed by atoms with Crippen LogP contribution in [0.15, 0.2) is 34.8 Å². The van der Waals surface area contributed by atoms with Crippen LogP contribution in [-0.4, -0.2) is 9.97 Å². The predicted molar refractivity (Wildman–Crippen MR) is 76.4 cm³/mol. The molecule has 0 spiro atoms. The topological polar surface area (TPSA) is 49.6 Å². The van der Waals surface area contributed by atoms with Crippen LogP contribution in [0.2, 0.25) is 0 Å². The Morgan fingerprint density at radius 1 is 1.26 bits per heavy atom. The molecule has 0 aliphatic heterocycles. The van der Waals surface area contributed by atoms with E-state index in [-0.39, 0.29) is 0 Å². The van der Waals surface area contributed by atoms with Gasteiger partial charge in [-0.3, -0.25) is 0 Å².